The Morgan fingerprint density at radius 3 is 2.09 bits per heavy atom. The summed E-state index contributed by atoms with van der Waals surface area (Å²) >= 11 is 0. The number of carboxylic acid groups (broad SMARTS) is 1. The Morgan fingerprint density at radius 1 is 0.913 bits per heavy atom. The molecule has 4 aliphatic rings. The van der Waals surface area contributed by atoms with Gasteiger partial charge in [-0.15, -0.1) is 0 Å². The second-order valence-electron chi connectivity index (χ2n) is 6.55. The summed E-state index contributed by atoms with van der Waals surface area (Å²) in [6, 6.07) is 16.2. The van der Waals surface area contributed by atoms with E-state index in [1.165, 1.54) is 16.7 Å². The molecule has 2 aromatic carbocycles. The fourth-order valence-electron chi connectivity index (χ4n) is 4.90. The fourth-order valence-corrected chi connectivity index (χ4v) is 4.90. The predicted molar refractivity (Wildman–Crippen MR) is 88.5 cm³/mol. The van der Waals surface area contributed by atoms with Crippen LogP contribution in [0.4, 0.5) is 0 Å². The van der Waals surface area contributed by atoms with Crippen molar-refractivity contribution in [1.29, 1.82) is 0 Å². The molecule has 0 spiro atoms. The van der Waals surface area contributed by atoms with Crippen molar-refractivity contribution in [3.8, 4) is 0 Å². The van der Waals surface area contributed by atoms with E-state index in [1.54, 1.807) is 0 Å². The Hall–Kier alpha value is -2.61. The number of hydrogen-bond donors (Lipinski definition) is 1. The average Bonchev–Trinajstić information content (AvgIpc) is 2.61. The number of carboxylic acids is 1. The highest BCUT2D eigenvalue weighted by molar-refractivity contribution is 5.95. The number of benzene rings is 2. The molecule has 1 N–H and O–H groups in total. The minimum absolute atomic E-state index is 0.212. The second-order valence-corrected chi connectivity index (χ2v) is 6.55. The van der Waals surface area contributed by atoms with Crippen LogP contribution in [0.2, 0.25) is 0 Å². The van der Waals surface area contributed by atoms with Crippen molar-refractivity contribution >= 4 is 5.97 Å². The van der Waals surface area contributed by atoms with Gasteiger partial charge < -0.3 is 5.11 Å². The molecule has 0 aliphatic heterocycles. The molecular formula is C21H16O2. The molecule has 0 saturated heterocycles. The van der Waals surface area contributed by atoms with E-state index in [2.05, 4.69) is 24.3 Å². The van der Waals surface area contributed by atoms with Crippen molar-refractivity contribution in [2.75, 3.05) is 0 Å². The topological polar surface area (TPSA) is 37.3 Å². The van der Waals surface area contributed by atoms with Crippen LogP contribution in [0.3, 0.4) is 0 Å². The average molecular weight is 300 g/mol. The van der Waals surface area contributed by atoms with E-state index in [1.807, 2.05) is 36.4 Å². The van der Waals surface area contributed by atoms with Crippen LogP contribution in [0.5, 0.6) is 0 Å². The van der Waals surface area contributed by atoms with Gasteiger partial charge in [0, 0.05) is 5.92 Å². The first-order chi connectivity index (χ1) is 11.3. The molecule has 0 atom stereocenters. The molecule has 6 rings (SSSR count). The van der Waals surface area contributed by atoms with Crippen LogP contribution in [-0.2, 0) is 10.2 Å². The van der Waals surface area contributed by atoms with E-state index in [-0.39, 0.29) is 5.92 Å². The van der Waals surface area contributed by atoms with Crippen LogP contribution in [0.15, 0.2) is 71.8 Å². The maximum absolute atomic E-state index is 12.7. The standard InChI is InChI=1S/C21H16O2/c22-20(23)21-16-10-4-1-7-13(16)19(14-8-2-5-11-17(14)21)15-9-3-6-12-18(15)21/h1-8,10-11,19H,9,12H2,(H,22,23). The number of carbonyl (C=O) groups is 1. The third kappa shape index (κ3) is 1.33. The summed E-state index contributed by atoms with van der Waals surface area (Å²) in [5.74, 6) is -0.540. The van der Waals surface area contributed by atoms with Crippen LogP contribution in [0.1, 0.15) is 41.0 Å². The molecule has 0 radical (unpaired) electrons. The molecule has 2 aromatic rings. The summed E-state index contributed by atoms with van der Waals surface area (Å²) in [5, 5.41) is 10.4. The van der Waals surface area contributed by atoms with Gasteiger partial charge >= 0.3 is 5.97 Å². The molecule has 0 saturated carbocycles. The quantitative estimate of drug-likeness (QED) is 0.803. The Labute approximate surface area is 134 Å². The molecule has 23 heavy (non-hydrogen) atoms. The van der Waals surface area contributed by atoms with Gasteiger partial charge in [-0.2, -0.15) is 0 Å². The first kappa shape index (κ1) is 12.9. The van der Waals surface area contributed by atoms with Crippen molar-refractivity contribution in [3.05, 3.63) is 94.1 Å². The van der Waals surface area contributed by atoms with Crippen molar-refractivity contribution in [2.24, 2.45) is 0 Å². The Balaban J connectivity index is 1.98. The number of rotatable bonds is 1. The first-order valence-electron chi connectivity index (χ1n) is 8.06. The monoisotopic (exact) mass is 300 g/mol. The van der Waals surface area contributed by atoms with Crippen LogP contribution in [0, 0.1) is 0 Å². The zero-order valence-corrected chi connectivity index (χ0v) is 12.6. The number of allylic oxidation sites excluding steroid dienone is 3. The summed E-state index contributed by atoms with van der Waals surface area (Å²) in [6.07, 6.45) is 5.90. The van der Waals surface area contributed by atoms with E-state index < -0.39 is 11.4 Å². The van der Waals surface area contributed by atoms with Gasteiger partial charge in [0.15, 0.2) is 0 Å². The van der Waals surface area contributed by atoms with Gasteiger partial charge in [0.25, 0.3) is 0 Å². The minimum Gasteiger partial charge on any atom is -0.480 e. The molecule has 0 heterocycles. The molecular weight excluding hydrogens is 284 g/mol. The highest BCUT2D eigenvalue weighted by atomic mass is 16.4. The van der Waals surface area contributed by atoms with E-state index in [9.17, 15) is 9.90 Å². The van der Waals surface area contributed by atoms with Crippen LogP contribution < -0.4 is 0 Å². The zero-order valence-electron chi connectivity index (χ0n) is 12.6. The van der Waals surface area contributed by atoms with Crippen molar-refractivity contribution in [1.82, 2.24) is 0 Å². The summed E-state index contributed by atoms with van der Waals surface area (Å²) < 4.78 is 0. The lowest BCUT2D eigenvalue weighted by atomic mass is 9.51. The maximum atomic E-state index is 12.7. The lowest BCUT2D eigenvalue weighted by Crippen LogP contribution is -2.48. The van der Waals surface area contributed by atoms with Gasteiger partial charge in [0.05, 0.1) is 0 Å². The highest BCUT2D eigenvalue weighted by Gasteiger charge is 2.57. The number of aliphatic carboxylic acids is 1. The van der Waals surface area contributed by atoms with Gasteiger partial charge in [-0.1, -0.05) is 66.3 Å². The highest BCUT2D eigenvalue weighted by Crippen LogP contribution is 2.61. The molecule has 0 fully saturated rings. The smallest absolute Gasteiger partial charge is 0.322 e. The van der Waals surface area contributed by atoms with Crippen molar-refractivity contribution < 1.29 is 9.90 Å². The van der Waals surface area contributed by atoms with E-state index >= 15 is 0 Å². The van der Waals surface area contributed by atoms with Gasteiger partial charge in [-0.05, 0) is 40.7 Å². The zero-order chi connectivity index (χ0) is 15.6. The molecule has 0 aromatic heterocycles. The van der Waals surface area contributed by atoms with Crippen LogP contribution >= 0.6 is 0 Å². The largest absolute Gasteiger partial charge is 0.480 e. The van der Waals surface area contributed by atoms with E-state index in [0.29, 0.717) is 0 Å². The normalized spacial score (nSPS) is 26.5. The lowest BCUT2D eigenvalue weighted by molar-refractivity contribution is -0.141. The van der Waals surface area contributed by atoms with Gasteiger partial charge in [0.1, 0.15) is 5.41 Å². The first-order valence-corrected chi connectivity index (χ1v) is 8.06. The predicted octanol–water partition coefficient (Wildman–Crippen LogP) is 4.16. The van der Waals surface area contributed by atoms with Gasteiger partial charge in [0.2, 0.25) is 0 Å². The SMILES string of the molecule is O=C(O)C12C3=C(CC=CC3)C(c3ccccc31)c1ccccc12. The van der Waals surface area contributed by atoms with E-state index in [0.717, 1.165) is 29.5 Å². The summed E-state index contributed by atoms with van der Waals surface area (Å²) in [7, 11) is 0. The maximum Gasteiger partial charge on any atom is 0.322 e. The summed E-state index contributed by atoms with van der Waals surface area (Å²) in [6.45, 7) is 0. The molecule has 2 nitrogen and oxygen atoms in total. The summed E-state index contributed by atoms with van der Waals surface area (Å²) in [4.78, 5) is 12.7. The van der Waals surface area contributed by atoms with Crippen molar-refractivity contribution in [3.63, 3.8) is 0 Å². The van der Waals surface area contributed by atoms with Gasteiger partial charge in [-0.3, -0.25) is 4.79 Å². The lowest BCUT2D eigenvalue weighted by Gasteiger charge is -2.50. The molecule has 2 bridgehead atoms. The van der Waals surface area contributed by atoms with Crippen LogP contribution in [0.25, 0.3) is 0 Å². The van der Waals surface area contributed by atoms with Crippen molar-refractivity contribution in [2.45, 2.75) is 24.2 Å². The fraction of sp³-hybridized carbons (Fsp3) is 0.190. The number of hydrogen-bond acceptors (Lipinski definition) is 1. The van der Waals surface area contributed by atoms with Crippen LogP contribution in [-0.4, -0.2) is 11.1 Å². The second kappa shape index (κ2) is 4.23. The third-order valence-electron chi connectivity index (χ3n) is 5.69. The molecule has 0 unspecified atom stereocenters. The molecule has 0 amide bonds. The Kier molecular flexibility index (Phi) is 2.37. The van der Waals surface area contributed by atoms with E-state index in [4.69, 9.17) is 0 Å². The van der Waals surface area contributed by atoms with Gasteiger partial charge in [-0.25, -0.2) is 0 Å². The Morgan fingerprint density at radius 2 is 1.48 bits per heavy atom. The minimum atomic E-state index is -1.01. The third-order valence-corrected chi connectivity index (χ3v) is 5.69. The molecule has 112 valence electrons. The molecule has 4 aliphatic carbocycles. The molecule has 2 heteroatoms. The Bertz CT molecular complexity index is 869. The summed E-state index contributed by atoms with van der Waals surface area (Å²) in [5.41, 5.74) is 5.64.